The van der Waals surface area contributed by atoms with Crippen LogP contribution in [0, 0.1) is 5.41 Å². The molecule has 1 heterocycles. The number of amides is 2. The first-order valence-electron chi connectivity index (χ1n) is 7.66. The highest BCUT2D eigenvalue weighted by Gasteiger charge is 2.28. The molecule has 0 unspecified atom stereocenters. The molecule has 0 saturated heterocycles. The normalized spacial score (nSPS) is 11.0. The summed E-state index contributed by atoms with van der Waals surface area (Å²) >= 11 is 0. The van der Waals surface area contributed by atoms with Gasteiger partial charge < -0.3 is 19.7 Å². The van der Waals surface area contributed by atoms with Crippen LogP contribution in [0.3, 0.4) is 0 Å². The molecule has 2 aromatic rings. The maximum atomic E-state index is 12.5. The minimum Gasteiger partial charge on any atom is -0.481 e. The van der Waals surface area contributed by atoms with Crippen LogP contribution in [-0.2, 0) is 4.79 Å². The topological polar surface area (TPSA) is 99.9 Å². The van der Waals surface area contributed by atoms with Gasteiger partial charge in [-0.1, -0.05) is 12.1 Å². The third kappa shape index (κ3) is 4.06. The van der Waals surface area contributed by atoms with Gasteiger partial charge in [0.05, 0.1) is 22.9 Å². The first kappa shape index (κ1) is 18.3. The van der Waals surface area contributed by atoms with Gasteiger partial charge >= 0.3 is 5.97 Å². The molecule has 7 nitrogen and oxygen atoms in total. The van der Waals surface area contributed by atoms with Gasteiger partial charge in [0.2, 0.25) is 0 Å². The summed E-state index contributed by atoms with van der Waals surface area (Å²) in [6, 6.07) is 9.73. The first-order valence-corrected chi connectivity index (χ1v) is 7.66. The van der Waals surface area contributed by atoms with Crippen molar-refractivity contribution in [3.05, 3.63) is 54.0 Å². The molecule has 2 N–H and O–H groups in total. The van der Waals surface area contributed by atoms with Crippen LogP contribution < -0.4 is 10.2 Å². The summed E-state index contributed by atoms with van der Waals surface area (Å²) in [5, 5.41) is 11.7. The second-order valence-electron chi connectivity index (χ2n) is 6.23. The van der Waals surface area contributed by atoms with Crippen molar-refractivity contribution in [2.75, 3.05) is 18.5 Å². The van der Waals surface area contributed by atoms with Crippen molar-refractivity contribution in [1.29, 1.82) is 0 Å². The van der Waals surface area contributed by atoms with Crippen LogP contribution in [-0.4, -0.2) is 36.5 Å². The fourth-order valence-corrected chi connectivity index (χ4v) is 2.11. The molecule has 2 amide bonds. The lowest BCUT2D eigenvalue weighted by Gasteiger charge is -2.22. The highest BCUT2D eigenvalue weighted by atomic mass is 16.4. The average Bonchev–Trinajstić information content (AvgIpc) is 3.13. The highest BCUT2D eigenvalue weighted by Crippen LogP contribution is 2.22. The molecular weight excluding hydrogens is 324 g/mol. The maximum Gasteiger partial charge on any atom is 0.310 e. The first-order chi connectivity index (χ1) is 11.7. The number of carbonyl (C=O) groups excluding carboxylic acids is 2. The second-order valence-corrected chi connectivity index (χ2v) is 6.23. The van der Waals surface area contributed by atoms with Crippen LogP contribution in [0.25, 0.3) is 0 Å². The number of benzene rings is 1. The summed E-state index contributed by atoms with van der Waals surface area (Å²) in [4.78, 5) is 37.4. The standard InChI is InChI=1S/C18H20N2O5/c1-18(2,17(23)24)11-19-15(21)12-7-4-5-8-13(12)20(3)16(22)14-9-6-10-25-14/h4-10H,11H2,1-3H3,(H,19,21)(H,23,24). The predicted molar refractivity (Wildman–Crippen MR) is 91.6 cm³/mol. The Morgan fingerprint density at radius 2 is 1.84 bits per heavy atom. The Hall–Kier alpha value is -3.09. The van der Waals surface area contributed by atoms with E-state index in [0.717, 1.165) is 0 Å². The van der Waals surface area contributed by atoms with Crippen LogP contribution in [0.4, 0.5) is 5.69 Å². The number of carboxylic acid groups (broad SMARTS) is 1. The molecule has 0 fully saturated rings. The fraction of sp³-hybridized carbons (Fsp3) is 0.278. The summed E-state index contributed by atoms with van der Waals surface area (Å²) in [5.74, 6) is -1.70. The van der Waals surface area contributed by atoms with Crippen molar-refractivity contribution in [2.24, 2.45) is 5.41 Å². The van der Waals surface area contributed by atoms with E-state index in [9.17, 15) is 14.4 Å². The van der Waals surface area contributed by atoms with Crippen molar-refractivity contribution in [2.45, 2.75) is 13.8 Å². The third-order valence-corrected chi connectivity index (χ3v) is 3.82. The molecule has 2 rings (SSSR count). The SMILES string of the molecule is CN(C(=O)c1ccco1)c1ccccc1C(=O)NCC(C)(C)C(=O)O. The monoisotopic (exact) mass is 344 g/mol. The lowest BCUT2D eigenvalue weighted by Crippen LogP contribution is -2.39. The zero-order valence-corrected chi connectivity index (χ0v) is 14.3. The molecule has 0 aliphatic rings. The maximum absolute atomic E-state index is 12.5. The van der Waals surface area contributed by atoms with Gasteiger partial charge in [-0.25, -0.2) is 0 Å². The van der Waals surface area contributed by atoms with E-state index in [1.54, 1.807) is 30.3 Å². The van der Waals surface area contributed by atoms with Crippen molar-refractivity contribution in [3.63, 3.8) is 0 Å². The van der Waals surface area contributed by atoms with E-state index in [1.807, 2.05) is 0 Å². The van der Waals surface area contributed by atoms with E-state index in [0.29, 0.717) is 5.69 Å². The summed E-state index contributed by atoms with van der Waals surface area (Å²) in [6.45, 7) is 3.01. The molecule has 1 aromatic heterocycles. The number of carbonyl (C=O) groups is 3. The van der Waals surface area contributed by atoms with Crippen LogP contribution in [0.1, 0.15) is 34.8 Å². The molecule has 132 valence electrons. The minimum absolute atomic E-state index is 0.0364. The molecule has 0 aliphatic carbocycles. The van der Waals surface area contributed by atoms with Gasteiger partial charge in [-0.3, -0.25) is 14.4 Å². The van der Waals surface area contributed by atoms with Crippen LogP contribution in [0.2, 0.25) is 0 Å². The summed E-state index contributed by atoms with van der Waals surface area (Å²) in [6.07, 6.45) is 1.40. The molecule has 1 aromatic carbocycles. The second kappa shape index (κ2) is 7.21. The van der Waals surface area contributed by atoms with Gasteiger partial charge in [-0.15, -0.1) is 0 Å². The Morgan fingerprint density at radius 1 is 1.16 bits per heavy atom. The Bertz CT molecular complexity index is 781. The van der Waals surface area contributed by atoms with Crippen molar-refractivity contribution in [1.82, 2.24) is 5.32 Å². The van der Waals surface area contributed by atoms with E-state index in [2.05, 4.69) is 5.32 Å². The third-order valence-electron chi connectivity index (χ3n) is 3.82. The predicted octanol–water partition coefficient (Wildman–Crippen LogP) is 2.40. The van der Waals surface area contributed by atoms with E-state index >= 15 is 0 Å². The number of anilines is 1. The molecule has 0 aliphatic heterocycles. The fourth-order valence-electron chi connectivity index (χ4n) is 2.11. The summed E-state index contributed by atoms with van der Waals surface area (Å²) < 4.78 is 5.10. The van der Waals surface area contributed by atoms with E-state index in [1.165, 1.54) is 38.1 Å². The van der Waals surface area contributed by atoms with E-state index in [-0.39, 0.29) is 17.9 Å². The van der Waals surface area contributed by atoms with Gasteiger partial charge in [-0.05, 0) is 38.1 Å². The minimum atomic E-state index is -1.10. The molecule has 0 spiro atoms. The summed E-state index contributed by atoms with van der Waals surface area (Å²) in [5.41, 5.74) is -0.429. The van der Waals surface area contributed by atoms with Crippen molar-refractivity contribution >= 4 is 23.5 Å². The Kier molecular flexibility index (Phi) is 5.26. The molecular formula is C18H20N2O5. The van der Waals surface area contributed by atoms with Gasteiger partial charge in [0.25, 0.3) is 11.8 Å². The molecule has 25 heavy (non-hydrogen) atoms. The number of hydrogen-bond donors (Lipinski definition) is 2. The van der Waals surface area contributed by atoms with Crippen LogP contribution >= 0.6 is 0 Å². The largest absolute Gasteiger partial charge is 0.481 e. The average molecular weight is 344 g/mol. The van der Waals surface area contributed by atoms with E-state index < -0.39 is 23.2 Å². The Labute approximate surface area is 145 Å². The summed E-state index contributed by atoms with van der Waals surface area (Å²) in [7, 11) is 1.54. The zero-order valence-electron chi connectivity index (χ0n) is 14.3. The number of aliphatic carboxylic acids is 1. The van der Waals surface area contributed by atoms with Crippen LogP contribution in [0.5, 0.6) is 0 Å². The number of hydrogen-bond acceptors (Lipinski definition) is 4. The molecule has 7 heteroatoms. The molecule has 0 radical (unpaired) electrons. The number of carboxylic acids is 1. The van der Waals surface area contributed by atoms with E-state index in [4.69, 9.17) is 9.52 Å². The molecule has 0 bridgehead atoms. The van der Waals surface area contributed by atoms with Crippen molar-refractivity contribution < 1.29 is 23.9 Å². The number of nitrogens with zero attached hydrogens (tertiary/aromatic N) is 1. The quantitative estimate of drug-likeness (QED) is 0.838. The number of nitrogens with one attached hydrogen (secondary N) is 1. The molecule has 0 atom stereocenters. The Morgan fingerprint density at radius 3 is 2.44 bits per heavy atom. The number of rotatable bonds is 6. The van der Waals surface area contributed by atoms with Crippen molar-refractivity contribution in [3.8, 4) is 0 Å². The van der Waals surface area contributed by atoms with Crippen LogP contribution in [0.15, 0.2) is 47.1 Å². The smallest absolute Gasteiger partial charge is 0.310 e. The number of para-hydroxylation sites is 1. The van der Waals surface area contributed by atoms with Gasteiger partial charge in [-0.2, -0.15) is 0 Å². The lowest BCUT2D eigenvalue weighted by atomic mass is 9.94. The number of furan rings is 1. The zero-order chi connectivity index (χ0) is 18.6. The lowest BCUT2D eigenvalue weighted by molar-refractivity contribution is -0.146. The van der Waals surface area contributed by atoms with Gasteiger partial charge in [0.15, 0.2) is 5.76 Å². The van der Waals surface area contributed by atoms with Gasteiger partial charge in [0.1, 0.15) is 0 Å². The molecule has 0 saturated carbocycles. The van der Waals surface area contributed by atoms with Gasteiger partial charge in [0, 0.05) is 13.6 Å². The highest BCUT2D eigenvalue weighted by molar-refractivity contribution is 6.09. The Balaban J connectivity index is 2.21.